The summed E-state index contributed by atoms with van der Waals surface area (Å²) in [7, 11) is 0. The van der Waals surface area contributed by atoms with Gasteiger partial charge in [0.2, 0.25) is 0 Å². The highest BCUT2D eigenvalue weighted by Gasteiger charge is 2.14. The highest BCUT2D eigenvalue weighted by Crippen LogP contribution is 2.25. The molecule has 130 valence electrons. The average Bonchev–Trinajstić information content (AvgIpc) is 2.87. The second-order valence-corrected chi connectivity index (χ2v) is 7.46. The van der Waals surface area contributed by atoms with Gasteiger partial charge in [0.05, 0.1) is 0 Å². The first-order chi connectivity index (χ1) is 12.2. The maximum absolute atomic E-state index is 4.49. The van der Waals surface area contributed by atoms with Crippen molar-refractivity contribution in [3.63, 3.8) is 0 Å². The standard InChI is InChI=1S/C21H26N4/c1-15-5-4-9-25(10-8-15)14-17-6-3-7-18(11-17)19-12-20-16(2)23-24-21(20)22-13-19/h3,6-7,11-13,15H,4-5,8-10,14H2,1-2H3,(H,22,23,24)/t15-/m0/s1. The highest BCUT2D eigenvalue weighted by molar-refractivity contribution is 5.82. The quantitative estimate of drug-likeness (QED) is 0.764. The number of benzene rings is 1. The smallest absolute Gasteiger partial charge is 0.181 e. The first kappa shape index (κ1) is 16.3. The summed E-state index contributed by atoms with van der Waals surface area (Å²) < 4.78 is 0. The zero-order valence-corrected chi connectivity index (χ0v) is 15.1. The van der Waals surface area contributed by atoms with Gasteiger partial charge in [0, 0.05) is 29.4 Å². The van der Waals surface area contributed by atoms with Gasteiger partial charge in [-0.1, -0.05) is 25.1 Å². The van der Waals surface area contributed by atoms with Crippen LogP contribution in [0, 0.1) is 12.8 Å². The van der Waals surface area contributed by atoms with Crippen molar-refractivity contribution in [2.45, 2.75) is 39.7 Å². The molecule has 1 fully saturated rings. The normalized spacial score (nSPS) is 19.2. The number of aromatic amines is 1. The predicted molar refractivity (Wildman–Crippen MR) is 102 cm³/mol. The first-order valence-corrected chi connectivity index (χ1v) is 9.31. The number of rotatable bonds is 3. The Labute approximate surface area is 149 Å². The zero-order chi connectivity index (χ0) is 17.2. The largest absolute Gasteiger partial charge is 0.299 e. The monoisotopic (exact) mass is 334 g/mol. The third-order valence-corrected chi connectivity index (χ3v) is 5.38. The number of pyridine rings is 1. The SMILES string of the molecule is Cc1[nH]nc2ncc(-c3cccc(CN4CCC[C@H](C)CC4)c3)cc12. The minimum Gasteiger partial charge on any atom is -0.299 e. The molecule has 1 aliphatic heterocycles. The number of likely N-dealkylation sites (tertiary alicyclic amines) is 1. The molecule has 4 nitrogen and oxygen atoms in total. The Morgan fingerprint density at radius 3 is 3.00 bits per heavy atom. The lowest BCUT2D eigenvalue weighted by Gasteiger charge is -2.20. The topological polar surface area (TPSA) is 44.8 Å². The molecule has 1 atom stereocenters. The number of hydrogen-bond donors (Lipinski definition) is 1. The maximum Gasteiger partial charge on any atom is 0.181 e. The number of fused-ring (bicyclic) bond motifs is 1. The average molecular weight is 334 g/mol. The Morgan fingerprint density at radius 2 is 2.08 bits per heavy atom. The lowest BCUT2D eigenvalue weighted by Crippen LogP contribution is -2.24. The van der Waals surface area contributed by atoms with E-state index in [-0.39, 0.29) is 0 Å². The third-order valence-electron chi connectivity index (χ3n) is 5.38. The van der Waals surface area contributed by atoms with Crippen molar-refractivity contribution >= 4 is 11.0 Å². The minimum atomic E-state index is 0.788. The number of nitrogens with zero attached hydrogens (tertiary/aromatic N) is 3. The fraction of sp³-hybridized carbons (Fsp3) is 0.429. The molecule has 0 saturated carbocycles. The molecule has 1 saturated heterocycles. The summed E-state index contributed by atoms with van der Waals surface area (Å²) in [4.78, 5) is 7.09. The van der Waals surface area contributed by atoms with Crippen LogP contribution < -0.4 is 0 Å². The predicted octanol–water partition coefficient (Wildman–Crippen LogP) is 4.56. The minimum absolute atomic E-state index is 0.788. The van der Waals surface area contributed by atoms with Crippen molar-refractivity contribution in [2.75, 3.05) is 13.1 Å². The summed E-state index contributed by atoms with van der Waals surface area (Å²) in [6.07, 6.45) is 5.93. The van der Waals surface area contributed by atoms with Gasteiger partial charge in [-0.3, -0.25) is 10.00 Å². The summed E-state index contributed by atoms with van der Waals surface area (Å²) in [6.45, 7) is 7.90. The first-order valence-electron chi connectivity index (χ1n) is 9.31. The molecular weight excluding hydrogens is 308 g/mol. The van der Waals surface area contributed by atoms with Crippen LogP contribution in [0.15, 0.2) is 36.5 Å². The molecule has 4 heteroatoms. The van der Waals surface area contributed by atoms with Crippen LogP contribution >= 0.6 is 0 Å². The molecule has 2 aromatic heterocycles. The molecule has 1 aromatic carbocycles. The van der Waals surface area contributed by atoms with E-state index in [1.807, 2.05) is 13.1 Å². The van der Waals surface area contributed by atoms with E-state index in [0.717, 1.165) is 34.8 Å². The van der Waals surface area contributed by atoms with Crippen molar-refractivity contribution in [2.24, 2.45) is 5.92 Å². The van der Waals surface area contributed by atoms with E-state index in [4.69, 9.17) is 0 Å². The van der Waals surface area contributed by atoms with E-state index in [9.17, 15) is 0 Å². The molecular formula is C21H26N4. The van der Waals surface area contributed by atoms with Gasteiger partial charge >= 0.3 is 0 Å². The van der Waals surface area contributed by atoms with E-state index >= 15 is 0 Å². The van der Waals surface area contributed by atoms with Crippen molar-refractivity contribution in [1.82, 2.24) is 20.1 Å². The van der Waals surface area contributed by atoms with E-state index < -0.39 is 0 Å². The van der Waals surface area contributed by atoms with Crippen molar-refractivity contribution in [3.8, 4) is 11.1 Å². The van der Waals surface area contributed by atoms with Crippen molar-refractivity contribution < 1.29 is 0 Å². The van der Waals surface area contributed by atoms with Gasteiger partial charge in [-0.25, -0.2) is 4.98 Å². The van der Waals surface area contributed by atoms with Gasteiger partial charge in [0.25, 0.3) is 0 Å². The van der Waals surface area contributed by atoms with Crippen LogP contribution in [0.25, 0.3) is 22.2 Å². The van der Waals surface area contributed by atoms with Gasteiger partial charge in [0.15, 0.2) is 5.65 Å². The highest BCUT2D eigenvalue weighted by atomic mass is 15.1. The molecule has 1 aliphatic rings. The van der Waals surface area contributed by atoms with Crippen molar-refractivity contribution in [3.05, 3.63) is 47.8 Å². The number of H-pyrrole nitrogens is 1. The maximum atomic E-state index is 4.49. The van der Waals surface area contributed by atoms with E-state index in [1.54, 1.807) is 0 Å². The van der Waals surface area contributed by atoms with E-state index in [2.05, 4.69) is 57.3 Å². The van der Waals surface area contributed by atoms with Crippen LogP contribution in [-0.2, 0) is 6.54 Å². The number of aryl methyl sites for hydroxylation is 1. The van der Waals surface area contributed by atoms with Crippen molar-refractivity contribution in [1.29, 1.82) is 0 Å². The molecule has 3 heterocycles. The second-order valence-electron chi connectivity index (χ2n) is 7.46. The van der Waals surface area contributed by atoms with Crippen LogP contribution in [0.2, 0.25) is 0 Å². The van der Waals surface area contributed by atoms with Crippen LogP contribution in [0.1, 0.15) is 37.4 Å². The Bertz CT molecular complexity index is 867. The van der Waals surface area contributed by atoms with Crippen LogP contribution in [-0.4, -0.2) is 33.2 Å². The molecule has 0 amide bonds. The van der Waals surface area contributed by atoms with Crippen LogP contribution in [0.4, 0.5) is 0 Å². The molecule has 0 unspecified atom stereocenters. The summed E-state index contributed by atoms with van der Waals surface area (Å²) >= 11 is 0. The van der Waals surface area contributed by atoms with E-state index in [1.165, 1.54) is 43.5 Å². The summed E-state index contributed by atoms with van der Waals surface area (Å²) in [5.41, 5.74) is 5.63. The molecule has 4 rings (SSSR count). The van der Waals surface area contributed by atoms with Gasteiger partial charge in [-0.05, 0) is 68.5 Å². The molecule has 0 spiro atoms. The number of hydrogen-bond acceptors (Lipinski definition) is 3. The molecule has 1 N–H and O–H groups in total. The fourth-order valence-corrected chi connectivity index (χ4v) is 3.77. The Kier molecular flexibility index (Phi) is 4.53. The lowest BCUT2D eigenvalue weighted by atomic mass is 10.0. The zero-order valence-electron chi connectivity index (χ0n) is 15.1. The molecule has 0 radical (unpaired) electrons. The Balaban J connectivity index is 1.56. The second kappa shape index (κ2) is 6.96. The van der Waals surface area contributed by atoms with E-state index in [0.29, 0.717) is 0 Å². The molecule has 3 aromatic rings. The molecule has 0 aliphatic carbocycles. The summed E-state index contributed by atoms with van der Waals surface area (Å²) in [6, 6.07) is 11.1. The van der Waals surface area contributed by atoms with Gasteiger partial charge in [-0.15, -0.1) is 0 Å². The number of nitrogens with one attached hydrogen (secondary N) is 1. The summed E-state index contributed by atoms with van der Waals surface area (Å²) in [5, 5.41) is 8.33. The fourth-order valence-electron chi connectivity index (χ4n) is 3.77. The summed E-state index contributed by atoms with van der Waals surface area (Å²) in [5.74, 6) is 0.868. The van der Waals surface area contributed by atoms with Gasteiger partial charge < -0.3 is 0 Å². The van der Waals surface area contributed by atoms with Gasteiger partial charge in [-0.2, -0.15) is 5.10 Å². The molecule has 0 bridgehead atoms. The van der Waals surface area contributed by atoms with Crippen LogP contribution in [0.5, 0.6) is 0 Å². The Hall–Kier alpha value is -2.20. The number of aromatic nitrogens is 3. The Morgan fingerprint density at radius 1 is 1.16 bits per heavy atom. The lowest BCUT2D eigenvalue weighted by molar-refractivity contribution is 0.273. The third kappa shape index (κ3) is 3.59. The van der Waals surface area contributed by atoms with Crippen LogP contribution in [0.3, 0.4) is 0 Å². The molecule has 25 heavy (non-hydrogen) atoms. The van der Waals surface area contributed by atoms with Gasteiger partial charge in [0.1, 0.15) is 0 Å².